The van der Waals surface area contributed by atoms with Gasteiger partial charge in [-0.05, 0) is 19.1 Å². The molecular formula is C19H13F2N3O3. The van der Waals surface area contributed by atoms with Gasteiger partial charge >= 0.3 is 0 Å². The molecule has 136 valence electrons. The van der Waals surface area contributed by atoms with Gasteiger partial charge in [0.1, 0.15) is 30.6 Å². The van der Waals surface area contributed by atoms with Crippen LogP contribution in [-0.4, -0.2) is 33.5 Å². The van der Waals surface area contributed by atoms with Crippen LogP contribution in [0.1, 0.15) is 5.69 Å². The number of aryl methyl sites for hydroxylation is 1. The summed E-state index contributed by atoms with van der Waals surface area (Å²) in [5.41, 5.74) is 1.12. The summed E-state index contributed by atoms with van der Waals surface area (Å²) in [7, 11) is 0. The lowest BCUT2D eigenvalue weighted by Crippen LogP contribution is -2.16. The van der Waals surface area contributed by atoms with Crippen LogP contribution in [0, 0.1) is 18.6 Å². The van der Waals surface area contributed by atoms with E-state index in [-0.39, 0.29) is 28.1 Å². The highest BCUT2D eigenvalue weighted by Gasteiger charge is 2.26. The number of ether oxygens (including phenoxy) is 2. The molecule has 1 aliphatic heterocycles. The minimum absolute atomic E-state index is 0.0518. The zero-order valence-electron chi connectivity index (χ0n) is 14.1. The van der Waals surface area contributed by atoms with E-state index in [1.807, 2.05) is 0 Å². The van der Waals surface area contributed by atoms with E-state index in [2.05, 4.69) is 15.2 Å². The normalized spacial score (nSPS) is 13.4. The highest BCUT2D eigenvalue weighted by molar-refractivity contribution is 6.15. The first-order valence-electron chi connectivity index (χ1n) is 8.30. The topological polar surface area (TPSA) is 80.3 Å². The minimum atomic E-state index is -0.718. The second-order valence-corrected chi connectivity index (χ2v) is 6.30. The predicted octanol–water partition coefficient (Wildman–Crippen LogP) is 3.84. The van der Waals surface area contributed by atoms with E-state index in [0.717, 1.165) is 6.07 Å². The summed E-state index contributed by atoms with van der Waals surface area (Å²) in [6.07, 6.45) is 0. The number of aromatic hydroxyl groups is 1. The van der Waals surface area contributed by atoms with Gasteiger partial charge in [0.15, 0.2) is 17.1 Å². The lowest BCUT2D eigenvalue weighted by Gasteiger charge is -2.21. The molecule has 6 nitrogen and oxygen atoms in total. The van der Waals surface area contributed by atoms with Crippen LogP contribution in [0.2, 0.25) is 0 Å². The molecule has 2 N–H and O–H groups in total. The number of fused-ring (bicyclic) bond motifs is 5. The molecule has 2 aromatic carbocycles. The Morgan fingerprint density at radius 2 is 1.85 bits per heavy atom. The first-order valence-corrected chi connectivity index (χ1v) is 8.30. The van der Waals surface area contributed by atoms with Gasteiger partial charge in [0.2, 0.25) is 0 Å². The highest BCUT2D eigenvalue weighted by Crippen LogP contribution is 2.46. The van der Waals surface area contributed by atoms with Gasteiger partial charge in [-0.1, -0.05) is 0 Å². The third-order valence-corrected chi connectivity index (χ3v) is 4.63. The van der Waals surface area contributed by atoms with Crippen LogP contribution in [0.4, 0.5) is 8.78 Å². The average Bonchev–Trinajstić information content (AvgIpc) is 3.02. The molecule has 0 radical (unpaired) electrons. The summed E-state index contributed by atoms with van der Waals surface area (Å²) in [6, 6.07) is 4.86. The number of hydrogen-bond acceptors (Lipinski definition) is 5. The Bertz CT molecular complexity index is 1240. The van der Waals surface area contributed by atoms with Crippen molar-refractivity contribution in [2.75, 3.05) is 13.2 Å². The molecule has 0 aliphatic carbocycles. The molecule has 5 rings (SSSR count). The van der Waals surface area contributed by atoms with Crippen LogP contribution in [0.15, 0.2) is 24.3 Å². The molecule has 3 heterocycles. The van der Waals surface area contributed by atoms with E-state index in [1.54, 1.807) is 6.92 Å². The maximum absolute atomic E-state index is 15.1. The van der Waals surface area contributed by atoms with E-state index < -0.39 is 11.6 Å². The number of halogens is 2. The molecule has 0 unspecified atom stereocenters. The number of pyridine rings is 1. The number of aromatic amines is 1. The van der Waals surface area contributed by atoms with E-state index in [9.17, 15) is 9.50 Å². The molecule has 0 atom stereocenters. The highest BCUT2D eigenvalue weighted by atomic mass is 19.1. The number of nitrogens with zero attached hydrogens (tertiary/aromatic N) is 2. The molecular weight excluding hydrogens is 356 g/mol. The molecule has 0 saturated carbocycles. The van der Waals surface area contributed by atoms with Gasteiger partial charge in [-0.25, -0.2) is 13.8 Å². The van der Waals surface area contributed by atoms with E-state index in [1.165, 1.54) is 18.2 Å². The van der Waals surface area contributed by atoms with Crippen molar-refractivity contribution in [3.63, 3.8) is 0 Å². The molecule has 0 fully saturated rings. The molecule has 0 bridgehead atoms. The molecule has 4 aromatic rings. The van der Waals surface area contributed by atoms with Gasteiger partial charge in [-0.15, -0.1) is 0 Å². The summed E-state index contributed by atoms with van der Waals surface area (Å²) in [5, 5.41) is 17.6. The number of benzene rings is 2. The van der Waals surface area contributed by atoms with Gasteiger partial charge in [0, 0.05) is 34.2 Å². The molecule has 0 spiro atoms. The number of nitrogens with one attached hydrogen (secondary N) is 1. The Labute approximate surface area is 151 Å². The molecule has 0 saturated heterocycles. The maximum Gasteiger partial charge on any atom is 0.182 e. The number of phenolic OH excluding ortho intramolecular Hbond substituents is 1. The fourth-order valence-electron chi connectivity index (χ4n) is 3.47. The Hall–Kier alpha value is -3.42. The molecule has 1 aliphatic rings. The number of hydrogen-bond donors (Lipinski definition) is 2. The predicted molar refractivity (Wildman–Crippen MR) is 94.1 cm³/mol. The minimum Gasteiger partial charge on any atom is -0.508 e. The number of rotatable bonds is 1. The van der Waals surface area contributed by atoms with Crippen molar-refractivity contribution in [1.29, 1.82) is 0 Å². The molecule has 27 heavy (non-hydrogen) atoms. The summed E-state index contributed by atoms with van der Waals surface area (Å²) >= 11 is 0. The SMILES string of the molecule is Cc1[nH]nc2nc(-c3ccc(O)cc3F)c3c(F)cc4c(c3c12)OCCO4. The number of H-pyrrole nitrogens is 1. The van der Waals surface area contributed by atoms with Crippen molar-refractivity contribution in [2.24, 2.45) is 0 Å². The number of phenols is 1. The fraction of sp³-hybridized carbons (Fsp3) is 0.158. The van der Waals surface area contributed by atoms with Crippen LogP contribution in [0.5, 0.6) is 17.2 Å². The van der Waals surface area contributed by atoms with Crippen molar-refractivity contribution in [3.8, 4) is 28.5 Å². The summed E-state index contributed by atoms with van der Waals surface area (Å²) < 4.78 is 41.0. The van der Waals surface area contributed by atoms with Gasteiger partial charge < -0.3 is 14.6 Å². The van der Waals surface area contributed by atoms with Crippen molar-refractivity contribution >= 4 is 21.8 Å². The largest absolute Gasteiger partial charge is 0.508 e. The summed E-state index contributed by atoms with van der Waals surface area (Å²) in [5.74, 6) is -0.880. The first kappa shape index (κ1) is 15.8. The van der Waals surface area contributed by atoms with Gasteiger partial charge in [0.25, 0.3) is 0 Å². The van der Waals surface area contributed by atoms with Crippen LogP contribution in [0.3, 0.4) is 0 Å². The van der Waals surface area contributed by atoms with E-state index in [0.29, 0.717) is 41.1 Å². The van der Waals surface area contributed by atoms with Gasteiger partial charge in [0.05, 0.1) is 11.1 Å². The quantitative estimate of drug-likeness (QED) is 0.533. The molecule has 8 heteroatoms. The van der Waals surface area contributed by atoms with Crippen LogP contribution in [-0.2, 0) is 0 Å². The summed E-state index contributed by atoms with van der Waals surface area (Å²) in [4.78, 5) is 4.39. The third-order valence-electron chi connectivity index (χ3n) is 4.63. The van der Waals surface area contributed by atoms with Crippen LogP contribution < -0.4 is 9.47 Å². The lowest BCUT2D eigenvalue weighted by atomic mass is 9.98. The Kier molecular flexibility index (Phi) is 3.24. The Morgan fingerprint density at radius 1 is 1.04 bits per heavy atom. The van der Waals surface area contributed by atoms with E-state index in [4.69, 9.17) is 9.47 Å². The monoisotopic (exact) mass is 369 g/mol. The standard InChI is InChI=1S/C19H13F2N3O3/c1-8-14-16-15(12(21)7-13-18(16)27-5-4-26-13)17(22-19(14)24-23-8)10-3-2-9(25)6-11(10)20/h2-3,6-7,25H,4-5H2,1H3,(H,22,23,24). The van der Waals surface area contributed by atoms with Crippen LogP contribution in [0.25, 0.3) is 33.1 Å². The Morgan fingerprint density at radius 3 is 2.67 bits per heavy atom. The second kappa shape index (κ2) is 5.54. The van der Waals surface area contributed by atoms with E-state index >= 15 is 4.39 Å². The van der Waals surface area contributed by atoms with Crippen molar-refractivity contribution in [3.05, 3.63) is 41.6 Å². The zero-order valence-corrected chi connectivity index (χ0v) is 14.1. The molecule has 2 aromatic heterocycles. The Balaban J connectivity index is 2.00. The fourth-order valence-corrected chi connectivity index (χ4v) is 3.47. The molecule has 0 amide bonds. The van der Waals surface area contributed by atoms with Gasteiger partial charge in [-0.3, -0.25) is 5.10 Å². The van der Waals surface area contributed by atoms with Crippen molar-refractivity contribution < 1.29 is 23.4 Å². The average molecular weight is 369 g/mol. The summed E-state index contributed by atoms with van der Waals surface area (Å²) in [6.45, 7) is 2.42. The lowest BCUT2D eigenvalue weighted by molar-refractivity contribution is 0.173. The van der Waals surface area contributed by atoms with Gasteiger partial charge in [-0.2, -0.15) is 5.10 Å². The first-order chi connectivity index (χ1) is 13.0. The maximum atomic E-state index is 15.1. The third kappa shape index (κ3) is 2.22. The smallest absolute Gasteiger partial charge is 0.182 e. The van der Waals surface area contributed by atoms with Crippen molar-refractivity contribution in [1.82, 2.24) is 15.2 Å². The second-order valence-electron chi connectivity index (χ2n) is 6.30. The van der Waals surface area contributed by atoms with Crippen molar-refractivity contribution in [2.45, 2.75) is 6.92 Å². The van der Waals surface area contributed by atoms with Crippen LogP contribution >= 0.6 is 0 Å². The number of aromatic nitrogens is 3. The zero-order chi connectivity index (χ0) is 18.7.